The van der Waals surface area contributed by atoms with E-state index in [9.17, 15) is 14.4 Å². The molecule has 1 unspecified atom stereocenters. The van der Waals surface area contributed by atoms with Crippen molar-refractivity contribution in [2.45, 2.75) is 56.7 Å². The number of hydrogen-bond acceptors (Lipinski definition) is 5. The van der Waals surface area contributed by atoms with Crippen LogP contribution in [0.3, 0.4) is 0 Å². The lowest BCUT2D eigenvalue weighted by molar-refractivity contribution is -0.117. The number of nitrogens with two attached hydrogens (primary N) is 1. The average Bonchev–Trinajstić information content (AvgIpc) is 2.68. The van der Waals surface area contributed by atoms with Gasteiger partial charge in [0.15, 0.2) is 5.69 Å². The molecule has 0 aliphatic carbocycles. The molecule has 0 saturated carbocycles. The lowest BCUT2D eigenvalue weighted by atomic mass is 10.2. The van der Waals surface area contributed by atoms with E-state index in [1.807, 2.05) is 26.0 Å². The molecule has 2 aromatic rings. The second-order valence-corrected chi connectivity index (χ2v) is 8.55. The standard InChI is InChI=1S/C20H27ClN4O3S/c1-4-6-12-25-17(22)16(18(26)23-20(25)28)24(11-5-2)19(27)13(3)29-15-9-7-14(21)8-10-15/h7-10,13H,4-6,11-12,22H2,1-3H3,(H,23,26,28). The first-order valence-electron chi connectivity index (χ1n) is 9.66. The number of rotatable bonds is 9. The molecule has 0 aliphatic heterocycles. The van der Waals surface area contributed by atoms with Crippen LogP contribution in [0.25, 0.3) is 0 Å². The molecule has 1 atom stereocenters. The zero-order valence-corrected chi connectivity index (χ0v) is 18.5. The van der Waals surface area contributed by atoms with Gasteiger partial charge in [-0.1, -0.05) is 31.9 Å². The molecule has 0 aliphatic rings. The van der Waals surface area contributed by atoms with E-state index in [1.54, 1.807) is 19.1 Å². The molecule has 1 aromatic heterocycles. The van der Waals surface area contributed by atoms with Gasteiger partial charge in [-0.05, 0) is 44.0 Å². The summed E-state index contributed by atoms with van der Waals surface area (Å²) >= 11 is 7.29. The van der Waals surface area contributed by atoms with E-state index in [2.05, 4.69) is 4.98 Å². The normalized spacial score (nSPS) is 12.0. The van der Waals surface area contributed by atoms with E-state index < -0.39 is 16.5 Å². The molecule has 29 heavy (non-hydrogen) atoms. The van der Waals surface area contributed by atoms with Crippen LogP contribution >= 0.6 is 23.4 Å². The van der Waals surface area contributed by atoms with Gasteiger partial charge in [-0.15, -0.1) is 11.8 Å². The van der Waals surface area contributed by atoms with Crippen LogP contribution in [0.2, 0.25) is 5.02 Å². The molecule has 1 aromatic carbocycles. The Bertz CT molecular complexity index is 956. The first-order chi connectivity index (χ1) is 13.8. The van der Waals surface area contributed by atoms with Crippen molar-refractivity contribution in [3.8, 4) is 0 Å². The minimum Gasteiger partial charge on any atom is -0.383 e. The number of anilines is 2. The van der Waals surface area contributed by atoms with Crippen molar-refractivity contribution in [1.29, 1.82) is 0 Å². The summed E-state index contributed by atoms with van der Waals surface area (Å²) in [4.78, 5) is 42.5. The fraction of sp³-hybridized carbons (Fsp3) is 0.450. The molecule has 7 nitrogen and oxygen atoms in total. The molecule has 1 amide bonds. The van der Waals surface area contributed by atoms with E-state index in [-0.39, 0.29) is 17.4 Å². The van der Waals surface area contributed by atoms with E-state index >= 15 is 0 Å². The van der Waals surface area contributed by atoms with Crippen LogP contribution in [0.4, 0.5) is 11.5 Å². The van der Waals surface area contributed by atoms with Gasteiger partial charge in [-0.3, -0.25) is 19.1 Å². The smallest absolute Gasteiger partial charge is 0.330 e. The molecular weight excluding hydrogens is 412 g/mol. The number of halogens is 1. The quantitative estimate of drug-likeness (QED) is 0.583. The van der Waals surface area contributed by atoms with Gasteiger partial charge in [-0.25, -0.2) is 4.79 Å². The molecule has 0 fully saturated rings. The van der Waals surface area contributed by atoms with E-state index in [0.717, 1.165) is 17.7 Å². The van der Waals surface area contributed by atoms with Crippen LogP contribution in [0, 0.1) is 0 Å². The third kappa shape index (κ3) is 5.67. The highest BCUT2D eigenvalue weighted by Gasteiger charge is 2.27. The number of aromatic nitrogens is 2. The van der Waals surface area contributed by atoms with Gasteiger partial charge in [0.05, 0.1) is 5.25 Å². The Balaban J connectivity index is 2.39. The largest absolute Gasteiger partial charge is 0.383 e. The van der Waals surface area contributed by atoms with Crippen LogP contribution in [0.15, 0.2) is 38.8 Å². The average molecular weight is 439 g/mol. The van der Waals surface area contributed by atoms with Gasteiger partial charge in [-0.2, -0.15) is 0 Å². The minimum absolute atomic E-state index is 0.0256. The maximum Gasteiger partial charge on any atom is 0.330 e. The number of amides is 1. The molecule has 0 radical (unpaired) electrons. The van der Waals surface area contributed by atoms with E-state index in [0.29, 0.717) is 24.5 Å². The second-order valence-electron chi connectivity index (χ2n) is 6.70. The van der Waals surface area contributed by atoms with Crippen molar-refractivity contribution >= 4 is 40.8 Å². The Morgan fingerprint density at radius 2 is 1.90 bits per heavy atom. The van der Waals surface area contributed by atoms with Crippen LogP contribution < -0.4 is 21.9 Å². The summed E-state index contributed by atoms with van der Waals surface area (Å²) < 4.78 is 1.33. The van der Waals surface area contributed by atoms with Crippen molar-refractivity contribution in [2.24, 2.45) is 0 Å². The Labute approximate surface area is 179 Å². The summed E-state index contributed by atoms with van der Waals surface area (Å²) in [6.07, 6.45) is 2.24. The summed E-state index contributed by atoms with van der Waals surface area (Å²) in [5, 5.41) is 0.159. The molecule has 1 heterocycles. The molecule has 0 bridgehead atoms. The SMILES string of the molecule is CCCCn1c(N)c(N(CCC)C(=O)C(C)Sc2ccc(Cl)cc2)c(=O)[nH]c1=O. The maximum atomic E-state index is 13.2. The fourth-order valence-corrected chi connectivity index (χ4v) is 3.97. The Hall–Kier alpha value is -2.19. The third-order valence-electron chi connectivity index (χ3n) is 4.41. The number of aromatic amines is 1. The maximum absolute atomic E-state index is 13.2. The molecule has 0 spiro atoms. The molecule has 0 saturated heterocycles. The lowest BCUT2D eigenvalue weighted by Crippen LogP contribution is -2.44. The zero-order chi connectivity index (χ0) is 21.6. The van der Waals surface area contributed by atoms with E-state index in [4.69, 9.17) is 17.3 Å². The van der Waals surface area contributed by atoms with Gasteiger partial charge in [0.2, 0.25) is 5.91 Å². The first kappa shape index (κ1) is 23.1. The highest BCUT2D eigenvalue weighted by molar-refractivity contribution is 8.00. The van der Waals surface area contributed by atoms with Crippen LogP contribution in [0.1, 0.15) is 40.0 Å². The summed E-state index contributed by atoms with van der Waals surface area (Å²) in [6.45, 7) is 6.39. The molecule has 2 rings (SSSR count). The number of nitrogens with one attached hydrogen (secondary N) is 1. The van der Waals surface area contributed by atoms with Crippen molar-refractivity contribution < 1.29 is 4.79 Å². The molecular formula is C20H27ClN4O3S. The van der Waals surface area contributed by atoms with Gasteiger partial charge in [0, 0.05) is 23.0 Å². The predicted octanol–water partition coefficient (Wildman–Crippen LogP) is 3.50. The highest BCUT2D eigenvalue weighted by Crippen LogP contribution is 2.28. The number of benzene rings is 1. The van der Waals surface area contributed by atoms with Crippen LogP contribution in [-0.4, -0.2) is 27.3 Å². The second kappa shape index (κ2) is 10.5. The predicted molar refractivity (Wildman–Crippen MR) is 120 cm³/mol. The van der Waals surface area contributed by atoms with Gasteiger partial charge in [0.1, 0.15) is 5.82 Å². The highest BCUT2D eigenvalue weighted by atomic mass is 35.5. The van der Waals surface area contributed by atoms with Crippen molar-refractivity contribution in [3.63, 3.8) is 0 Å². The Morgan fingerprint density at radius 1 is 1.24 bits per heavy atom. The molecule has 9 heteroatoms. The monoisotopic (exact) mass is 438 g/mol. The summed E-state index contributed by atoms with van der Waals surface area (Å²) in [5.74, 6) is -0.220. The van der Waals surface area contributed by atoms with E-state index in [1.165, 1.54) is 21.2 Å². The number of carbonyl (C=O) groups excluding carboxylic acids is 1. The number of carbonyl (C=O) groups is 1. The topological polar surface area (TPSA) is 101 Å². The Morgan fingerprint density at radius 3 is 2.48 bits per heavy atom. The fourth-order valence-electron chi connectivity index (χ4n) is 2.92. The van der Waals surface area contributed by atoms with Gasteiger partial charge >= 0.3 is 5.69 Å². The van der Waals surface area contributed by atoms with Gasteiger partial charge in [0.25, 0.3) is 5.56 Å². The van der Waals surface area contributed by atoms with Crippen LogP contribution in [-0.2, 0) is 11.3 Å². The molecule has 3 N–H and O–H groups in total. The zero-order valence-electron chi connectivity index (χ0n) is 16.9. The first-order valence-corrected chi connectivity index (χ1v) is 10.9. The van der Waals surface area contributed by atoms with Crippen molar-refractivity contribution in [3.05, 3.63) is 50.1 Å². The number of nitrogen functional groups attached to an aromatic ring is 1. The number of nitrogens with zero attached hydrogens (tertiary/aromatic N) is 2. The summed E-state index contributed by atoms with van der Waals surface area (Å²) in [5.41, 5.74) is 5.02. The summed E-state index contributed by atoms with van der Waals surface area (Å²) in [6, 6.07) is 7.20. The minimum atomic E-state index is -0.647. The number of H-pyrrole nitrogens is 1. The number of unbranched alkanes of at least 4 members (excludes halogenated alkanes) is 1. The number of hydrogen-bond donors (Lipinski definition) is 2. The Kier molecular flexibility index (Phi) is 8.40. The van der Waals surface area contributed by atoms with Crippen molar-refractivity contribution in [1.82, 2.24) is 9.55 Å². The van der Waals surface area contributed by atoms with Crippen LogP contribution in [0.5, 0.6) is 0 Å². The third-order valence-corrected chi connectivity index (χ3v) is 5.76. The lowest BCUT2D eigenvalue weighted by Gasteiger charge is -2.26. The molecule has 158 valence electrons. The van der Waals surface area contributed by atoms with Crippen molar-refractivity contribution in [2.75, 3.05) is 17.2 Å². The van der Waals surface area contributed by atoms with Gasteiger partial charge < -0.3 is 10.6 Å². The summed E-state index contributed by atoms with van der Waals surface area (Å²) in [7, 11) is 0. The number of thioether (sulfide) groups is 1.